The van der Waals surface area contributed by atoms with E-state index < -0.39 is 5.97 Å². The van der Waals surface area contributed by atoms with E-state index in [2.05, 4.69) is 0 Å². The number of carboxylic acids is 1. The third kappa shape index (κ3) is 3.96. The summed E-state index contributed by atoms with van der Waals surface area (Å²) in [6.45, 7) is 3.33. The van der Waals surface area contributed by atoms with Gasteiger partial charge in [-0.15, -0.1) is 11.3 Å². The van der Waals surface area contributed by atoms with Gasteiger partial charge in [-0.3, -0.25) is 4.79 Å². The topological polar surface area (TPSA) is 60.9 Å². The van der Waals surface area contributed by atoms with E-state index in [1.54, 1.807) is 16.2 Å². The maximum absolute atomic E-state index is 12.6. The fourth-order valence-electron chi connectivity index (χ4n) is 2.11. The number of nitrogens with zero attached hydrogens (tertiary/aromatic N) is 2. The maximum Gasteiger partial charge on any atom is 0.320 e. The van der Waals surface area contributed by atoms with Crippen molar-refractivity contribution in [2.24, 2.45) is 0 Å². The lowest BCUT2D eigenvalue weighted by Gasteiger charge is -2.29. The maximum atomic E-state index is 12.6. The SMILES string of the molecule is CCN(CCC(=O)O)C(=O)N(Cc1cccs1)C1CC1. The van der Waals surface area contributed by atoms with Gasteiger partial charge < -0.3 is 14.9 Å². The number of carbonyl (C=O) groups is 2. The molecule has 20 heavy (non-hydrogen) atoms. The summed E-state index contributed by atoms with van der Waals surface area (Å²) in [5.41, 5.74) is 0. The molecule has 0 atom stereocenters. The van der Waals surface area contributed by atoms with Gasteiger partial charge in [0.05, 0.1) is 13.0 Å². The van der Waals surface area contributed by atoms with Crippen LogP contribution >= 0.6 is 11.3 Å². The molecule has 0 spiro atoms. The summed E-state index contributed by atoms with van der Waals surface area (Å²) >= 11 is 1.64. The summed E-state index contributed by atoms with van der Waals surface area (Å²) in [6.07, 6.45) is 2.10. The van der Waals surface area contributed by atoms with Gasteiger partial charge in [0.2, 0.25) is 0 Å². The van der Waals surface area contributed by atoms with Crippen LogP contribution in [0.5, 0.6) is 0 Å². The lowest BCUT2D eigenvalue weighted by Crippen LogP contribution is -2.44. The van der Waals surface area contributed by atoms with Gasteiger partial charge in [0.15, 0.2) is 0 Å². The number of rotatable bonds is 7. The van der Waals surface area contributed by atoms with Crippen molar-refractivity contribution in [2.45, 2.75) is 38.8 Å². The molecule has 0 saturated heterocycles. The Morgan fingerprint density at radius 3 is 2.70 bits per heavy atom. The van der Waals surface area contributed by atoms with Crippen molar-refractivity contribution in [1.82, 2.24) is 9.80 Å². The first kappa shape index (κ1) is 14.8. The fraction of sp³-hybridized carbons (Fsp3) is 0.571. The molecule has 110 valence electrons. The standard InChI is InChI=1S/C14H20N2O3S/c1-2-15(8-7-13(17)18)14(19)16(11-5-6-11)10-12-4-3-9-20-12/h3-4,9,11H,2,5-8,10H2,1H3,(H,17,18). The van der Waals surface area contributed by atoms with Crippen molar-refractivity contribution in [3.8, 4) is 0 Å². The number of aliphatic carboxylic acids is 1. The van der Waals surface area contributed by atoms with Crippen molar-refractivity contribution in [2.75, 3.05) is 13.1 Å². The number of hydrogen-bond acceptors (Lipinski definition) is 3. The number of hydrogen-bond donors (Lipinski definition) is 1. The van der Waals surface area contributed by atoms with Crippen LogP contribution in [0.15, 0.2) is 17.5 Å². The molecular weight excluding hydrogens is 276 g/mol. The van der Waals surface area contributed by atoms with Crippen LogP contribution in [-0.4, -0.2) is 46.0 Å². The van der Waals surface area contributed by atoms with Crippen LogP contribution in [-0.2, 0) is 11.3 Å². The molecule has 0 aromatic carbocycles. The largest absolute Gasteiger partial charge is 0.481 e. The number of urea groups is 1. The van der Waals surface area contributed by atoms with Crippen molar-refractivity contribution < 1.29 is 14.7 Å². The molecule has 1 aliphatic carbocycles. The van der Waals surface area contributed by atoms with E-state index in [1.807, 2.05) is 29.3 Å². The molecule has 0 aliphatic heterocycles. The average Bonchev–Trinajstić information content (AvgIpc) is 3.13. The molecule has 1 heterocycles. The highest BCUT2D eigenvalue weighted by atomic mass is 32.1. The van der Waals surface area contributed by atoms with Crippen LogP contribution in [0.2, 0.25) is 0 Å². The van der Waals surface area contributed by atoms with Gasteiger partial charge in [0.25, 0.3) is 0 Å². The van der Waals surface area contributed by atoms with Crippen molar-refractivity contribution in [3.05, 3.63) is 22.4 Å². The second-order valence-electron chi connectivity index (χ2n) is 4.94. The number of carbonyl (C=O) groups excluding carboxylic acids is 1. The molecule has 6 heteroatoms. The lowest BCUT2D eigenvalue weighted by molar-refractivity contribution is -0.137. The fourth-order valence-corrected chi connectivity index (χ4v) is 2.81. The van der Waals surface area contributed by atoms with Gasteiger partial charge >= 0.3 is 12.0 Å². The highest BCUT2D eigenvalue weighted by Gasteiger charge is 2.34. The van der Waals surface area contributed by atoms with Crippen molar-refractivity contribution >= 4 is 23.3 Å². The van der Waals surface area contributed by atoms with Crippen LogP contribution in [0.25, 0.3) is 0 Å². The highest BCUT2D eigenvalue weighted by Crippen LogP contribution is 2.30. The molecule has 1 aromatic rings. The average molecular weight is 296 g/mol. The van der Waals surface area contributed by atoms with Gasteiger partial charge in [-0.05, 0) is 31.2 Å². The Bertz CT molecular complexity index is 457. The minimum Gasteiger partial charge on any atom is -0.481 e. The Balaban J connectivity index is 1.99. The van der Waals surface area contributed by atoms with Crippen LogP contribution < -0.4 is 0 Å². The van der Waals surface area contributed by atoms with Crippen LogP contribution in [0.3, 0.4) is 0 Å². The van der Waals surface area contributed by atoms with E-state index in [0.717, 1.165) is 12.8 Å². The van der Waals surface area contributed by atoms with Gasteiger partial charge in [0, 0.05) is 24.0 Å². The van der Waals surface area contributed by atoms with E-state index >= 15 is 0 Å². The summed E-state index contributed by atoms with van der Waals surface area (Å²) in [6, 6.07) is 4.30. The summed E-state index contributed by atoms with van der Waals surface area (Å²) in [5, 5.41) is 10.8. The molecule has 1 aliphatic rings. The lowest BCUT2D eigenvalue weighted by atomic mass is 10.3. The zero-order valence-corrected chi connectivity index (χ0v) is 12.4. The second kappa shape index (κ2) is 6.74. The predicted octanol–water partition coefficient (Wildman–Crippen LogP) is 2.63. The third-order valence-corrected chi connectivity index (χ3v) is 4.25. The third-order valence-electron chi connectivity index (χ3n) is 3.39. The number of amides is 2. The summed E-state index contributed by atoms with van der Waals surface area (Å²) in [4.78, 5) is 27.9. The van der Waals surface area contributed by atoms with Crippen LogP contribution in [0, 0.1) is 0 Å². The first-order valence-electron chi connectivity index (χ1n) is 6.91. The zero-order chi connectivity index (χ0) is 14.5. The molecule has 2 amide bonds. The van der Waals surface area contributed by atoms with Gasteiger partial charge in [0.1, 0.15) is 0 Å². The molecule has 1 fully saturated rings. The smallest absolute Gasteiger partial charge is 0.320 e. The van der Waals surface area contributed by atoms with Gasteiger partial charge in [-0.1, -0.05) is 6.07 Å². The number of thiophene rings is 1. The second-order valence-corrected chi connectivity index (χ2v) is 5.98. The van der Waals surface area contributed by atoms with E-state index in [4.69, 9.17) is 5.11 Å². The van der Waals surface area contributed by atoms with Crippen LogP contribution in [0.1, 0.15) is 31.1 Å². The molecule has 1 aromatic heterocycles. The summed E-state index contributed by atoms with van der Waals surface area (Å²) in [7, 11) is 0. The number of carboxylic acid groups (broad SMARTS) is 1. The van der Waals surface area contributed by atoms with E-state index in [0.29, 0.717) is 19.1 Å². The Hall–Kier alpha value is -1.56. The first-order valence-corrected chi connectivity index (χ1v) is 7.79. The van der Waals surface area contributed by atoms with Gasteiger partial charge in [-0.25, -0.2) is 4.79 Å². The molecule has 0 unspecified atom stereocenters. The molecule has 2 rings (SSSR count). The van der Waals surface area contributed by atoms with Gasteiger partial charge in [-0.2, -0.15) is 0 Å². The Morgan fingerprint density at radius 1 is 1.45 bits per heavy atom. The van der Waals surface area contributed by atoms with Crippen LogP contribution in [0.4, 0.5) is 4.79 Å². The van der Waals surface area contributed by atoms with Crippen molar-refractivity contribution in [3.63, 3.8) is 0 Å². The minimum absolute atomic E-state index is 0.00289. The minimum atomic E-state index is -0.868. The zero-order valence-electron chi connectivity index (χ0n) is 11.6. The van der Waals surface area contributed by atoms with E-state index in [9.17, 15) is 9.59 Å². The highest BCUT2D eigenvalue weighted by molar-refractivity contribution is 7.09. The molecule has 0 bridgehead atoms. The molecule has 5 nitrogen and oxygen atoms in total. The summed E-state index contributed by atoms with van der Waals surface area (Å²) in [5.74, 6) is -0.868. The molecular formula is C14H20N2O3S. The quantitative estimate of drug-likeness (QED) is 0.841. The first-order chi connectivity index (χ1) is 9.61. The predicted molar refractivity (Wildman–Crippen MR) is 77.8 cm³/mol. The summed E-state index contributed by atoms with van der Waals surface area (Å²) < 4.78 is 0. The normalized spacial score (nSPS) is 14.1. The molecule has 1 saturated carbocycles. The van der Waals surface area contributed by atoms with Crippen molar-refractivity contribution in [1.29, 1.82) is 0 Å². The van der Waals surface area contributed by atoms with E-state index in [1.165, 1.54) is 4.88 Å². The molecule has 1 N–H and O–H groups in total. The Kier molecular flexibility index (Phi) is 5.00. The monoisotopic (exact) mass is 296 g/mol. The molecule has 0 radical (unpaired) electrons. The Morgan fingerprint density at radius 2 is 2.20 bits per heavy atom. The van der Waals surface area contributed by atoms with E-state index in [-0.39, 0.29) is 19.0 Å². The Labute approximate surface area is 122 Å².